The zero-order chi connectivity index (χ0) is 26.0. The first kappa shape index (κ1) is 25.2. The van der Waals surface area contributed by atoms with Gasteiger partial charge in [-0.05, 0) is 66.2 Å². The van der Waals surface area contributed by atoms with Gasteiger partial charge in [-0.1, -0.05) is 41.9 Å². The lowest BCUT2D eigenvalue weighted by Crippen LogP contribution is -2.18. The van der Waals surface area contributed by atoms with Crippen LogP contribution in [-0.4, -0.2) is 24.0 Å². The summed E-state index contributed by atoms with van der Waals surface area (Å²) < 4.78 is 10.5. The Bertz CT molecular complexity index is 1450. The number of benzene rings is 3. The van der Waals surface area contributed by atoms with E-state index >= 15 is 0 Å². The third-order valence-corrected chi connectivity index (χ3v) is 5.15. The number of hydrazone groups is 1. The third kappa shape index (κ3) is 7.27. The van der Waals surface area contributed by atoms with Crippen molar-refractivity contribution in [2.75, 3.05) is 5.32 Å². The summed E-state index contributed by atoms with van der Waals surface area (Å²) in [4.78, 5) is 36.8. The Labute approximate surface area is 217 Å². The molecule has 0 bridgehead atoms. The van der Waals surface area contributed by atoms with Crippen molar-refractivity contribution in [1.82, 2.24) is 5.43 Å². The smallest absolute Gasteiger partial charge is 0.336 e. The molecule has 0 aliphatic rings. The fraction of sp³-hybridized carbons (Fsp3) is 0. The molecule has 9 heteroatoms. The molecule has 37 heavy (non-hydrogen) atoms. The molecule has 0 radical (unpaired) electrons. The Kier molecular flexibility index (Phi) is 8.26. The Balaban J connectivity index is 1.36. The number of nitrogens with zero attached hydrogens (tertiary/aromatic N) is 1. The molecule has 0 saturated heterocycles. The molecule has 1 aromatic heterocycles. The van der Waals surface area contributed by atoms with E-state index in [9.17, 15) is 14.4 Å². The predicted octanol–water partition coefficient (Wildman–Crippen LogP) is 5.57. The van der Waals surface area contributed by atoms with Crippen LogP contribution in [-0.2, 0) is 4.79 Å². The third-order valence-electron chi connectivity index (χ3n) is 4.91. The van der Waals surface area contributed by atoms with E-state index in [4.69, 9.17) is 20.8 Å². The van der Waals surface area contributed by atoms with Crippen LogP contribution in [0.5, 0.6) is 5.75 Å². The molecule has 3 aromatic carbocycles. The van der Waals surface area contributed by atoms with Crippen LogP contribution in [0.25, 0.3) is 6.08 Å². The van der Waals surface area contributed by atoms with Crippen LogP contribution in [0.4, 0.5) is 5.69 Å². The van der Waals surface area contributed by atoms with Gasteiger partial charge in [0.25, 0.3) is 11.8 Å². The van der Waals surface area contributed by atoms with E-state index in [0.717, 1.165) is 5.56 Å². The van der Waals surface area contributed by atoms with Crippen LogP contribution >= 0.6 is 11.6 Å². The lowest BCUT2D eigenvalue weighted by Gasteiger charge is -2.07. The quantitative estimate of drug-likeness (QED) is 0.105. The van der Waals surface area contributed by atoms with E-state index < -0.39 is 17.8 Å². The van der Waals surface area contributed by atoms with Gasteiger partial charge in [-0.2, -0.15) is 5.10 Å². The summed E-state index contributed by atoms with van der Waals surface area (Å²) in [7, 11) is 0. The number of hydrogen-bond acceptors (Lipinski definition) is 6. The molecule has 0 aliphatic heterocycles. The first-order valence-corrected chi connectivity index (χ1v) is 11.4. The van der Waals surface area contributed by atoms with Crippen LogP contribution in [0.2, 0.25) is 5.02 Å². The average molecular weight is 514 g/mol. The molecule has 2 N–H and O–H groups in total. The van der Waals surface area contributed by atoms with Gasteiger partial charge >= 0.3 is 5.97 Å². The first-order chi connectivity index (χ1) is 18.0. The van der Waals surface area contributed by atoms with Gasteiger partial charge in [-0.25, -0.2) is 10.2 Å². The van der Waals surface area contributed by atoms with Crippen molar-refractivity contribution in [2.24, 2.45) is 5.10 Å². The molecule has 1 heterocycles. The fourth-order valence-corrected chi connectivity index (χ4v) is 3.29. The SMILES string of the molecule is O=C(/C=C/c1ccccc1)Oc1ccc(Cl)cc1/C=N/NC(=O)c1ccc(NC(=O)c2ccco2)cc1. The van der Waals surface area contributed by atoms with E-state index in [2.05, 4.69) is 15.8 Å². The Morgan fingerprint density at radius 1 is 0.892 bits per heavy atom. The van der Waals surface area contributed by atoms with E-state index in [1.165, 1.54) is 36.8 Å². The van der Waals surface area contributed by atoms with Gasteiger partial charge in [0.2, 0.25) is 0 Å². The van der Waals surface area contributed by atoms with Gasteiger partial charge in [0.1, 0.15) is 5.75 Å². The second-order valence-corrected chi connectivity index (χ2v) is 7.99. The van der Waals surface area contributed by atoms with Crippen LogP contribution < -0.4 is 15.5 Å². The van der Waals surface area contributed by atoms with Gasteiger partial charge in [-0.3, -0.25) is 9.59 Å². The molecule has 0 aliphatic carbocycles. The largest absolute Gasteiger partial charge is 0.459 e. The van der Waals surface area contributed by atoms with Gasteiger partial charge < -0.3 is 14.5 Å². The summed E-state index contributed by atoms with van der Waals surface area (Å²) in [6.07, 6.45) is 5.68. The minimum Gasteiger partial charge on any atom is -0.459 e. The number of amides is 2. The molecule has 4 rings (SSSR count). The predicted molar refractivity (Wildman–Crippen MR) is 141 cm³/mol. The number of ether oxygens (including phenoxy) is 1. The topological polar surface area (TPSA) is 110 Å². The Hall–Kier alpha value is -4.95. The van der Waals surface area contributed by atoms with Crippen LogP contribution in [0.1, 0.15) is 32.0 Å². The highest BCUT2D eigenvalue weighted by Gasteiger charge is 2.10. The van der Waals surface area contributed by atoms with E-state index in [1.54, 1.807) is 42.5 Å². The minimum atomic E-state index is -0.580. The molecular weight excluding hydrogens is 494 g/mol. The van der Waals surface area contributed by atoms with Crippen molar-refractivity contribution < 1.29 is 23.5 Å². The number of hydrogen-bond donors (Lipinski definition) is 2. The minimum absolute atomic E-state index is 0.175. The van der Waals surface area contributed by atoms with E-state index in [0.29, 0.717) is 21.8 Å². The standard InChI is InChI=1S/C28H20ClN3O5/c29-22-11-14-24(37-26(33)15-8-19-5-2-1-3-6-19)21(17-22)18-30-32-27(34)20-9-12-23(13-10-20)31-28(35)25-7-4-16-36-25/h1-18H,(H,31,35)(H,32,34)/b15-8+,30-18+. The van der Waals surface area contributed by atoms with Gasteiger partial charge in [0.15, 0.2) is 5.76 Å². The Morgan fingerprint density at radius 2 is 1.68 bits per heavy atom. The molecule has 0 unspecified atom stereocenters. The number of halogens is 1. The lowest BCUT2D eigenvalue weighted by atomic mass is 10.2. The van der Waals surface area contributed by atoms with Crippen molar-refractivity contribution in [1.29, 1.82) is 0 Å². The van der Waals surface area contributed by atoms with Crippen LogP contribution in [0.15, 0.2) is 107 Å². The summed E-state index contributed by atoms with van der Waals surface area (Å²) in [5.41, 5.74) is 4.47. The van der Waals surface area contributed by atoms with Gasteiger partial charge in [0, 0.05) is 27.9 Å². The van der Waals surface area contributed by atoms with Gasteiger partial charge in [-0.15, -0.1) is 0 Å². The van der Waals surface area contributed by atoms with Crippen molar-refractivity contribution in [3.8, 4) is 5.75 Å². The zero-order valence-electron chi connectivity index (χ0n) is 19.3. The Morgan fingerprint density at radius 3 is 2.41 bits per heavy atom. The summed E-state index contributed by atoms with van der Waals surface area (Å²) in [5, 5.41) is 7.02. The number of furan rings is 1. The number of rotatable bonds is 8. The highest BCUT2D eigenvalue weighted by molar-refractivity contribution is 6.31. The molecule has 0 fully saturated rings. The average Bonchev–Trinajstić information content (AvgIpc) is 3.45. The highest BCUT2D eigenvalue weighted by atomic mass is 35.5. The number of carbonyl (C=O) groups is 3. The number of nitrogens with one attached hydrogen (secondary N) is 2. The van der Waals surface area contributed by atoms with Gasteiger partial charge in [0.05, 0.1) is 12.5 Å². The van der Waals surface area contributed by atoms with Crippen LogP contribution in [0, 0.1) is 0 Å². The second kappa shape index (κ2) is 12.1. The number of anilines is 1. The van der Waals surface area contributed by atoms with Crippen molar-refractivity contribution in [3.05, 3.63) is 125 Å². The lowest BCUT2D eigenvalue weighted by molar-refractivity contribution is -0.128. The molecule has 0 spiro atoms. The summed E-state index contributed by atoms with van der Waals surface area (Å²) in [5.74, 6) is -1.06. The van der Waals surface area contributed by atoms with Crippen LogP contribution in [0.3, 0.4) is 0 Å². The van der Waals surface area contributed by atoms with E-state index in [-0.39, 0.29) is 11.5 Å². The van der Waals surface area contributed by atoms with Crippen molar-refractivity contribution in [2.45, 2.75) is 0 Å². The maximum atomic E-state index is 12.5. The van der Waals surface area contributed by atoms with Crippen molar-refractivity contribution in [3.63, 3.8) is 0 Å². The molecule has 0 atom stereocenters. The van der Waals surface area contributed by atoms with E-state index in [1.807, 2.05) is 30.3 Å². The number of esters is 1. The second-order valence-electron chi connectivity index (χ2n) is 7.56. The molecule has 0 saturated carbocycles. The first-order valence-electron chi connectivity index (χ1n) is 11.0. The molecule has 2 amide bonds. The zero-order valence-corrected chi connectivity index (χ0v) is 20.0. The number of carbonyl (C=O) groups excluding carboxylic acids is 3. The fourth-order valence-electron chi connectivity index (χ4n) is 3.11. The summed E-state index contributed by atoms with van der Waals surface area (Å²) >= 11 is 6.08. The molecule has 4 aromatic rings. The highest BCUT2D eigenvalue weighted by Crippen LogP contribution is 2.22. The summed E-state index contributed by atoms with van der Waals surface area (Å²) in [6, 6.07) is 23.4. The van der Waals surface area contributed by atoms with Crippen molar-refractivity contribution >= 4 is 47.4 Å². The molecular formula is C28H20ClN3O5. The maximum absolute atomic E-state index is 12.5. The maximum Gasteiger partial charge on any atom is 0.336 e. The molecule has 8 nitrogen and oxygen atoms in total. The summed E-state index contributed by atoms with van der Waals surface area (Å²) in [6.45, 7) is 0. The molecule has 184 valence electrons. The monoisotopic (exact) mass is 513 g/mol. The normalized spacial score (nSPS) is 10.9.